The van der Waals surface area contributed by atoms with Crippen LogP contribution in [0.4, 0.5) is 0 Å². The molecule has 0 aliphatic carbocycles. The third-order valence-corrected chi connectivity index (χ3v) is 1.95. The molecule has 1 heterocycles. The molecule has 62 valence electrons. The smallest absolute Gasteiger partial charge is 0.129 e. The van der Waals surface area contributed by atoms with E-state index in [1.165, 1.54) is 0 Å². The number of hydrogen-bond donors (Lipinski definition) is 0. The predicted molar refractivity (Wildman–Crippen MR) is 53.7 cm³/mol. The summed E-state index contributed by atoms with van der Waals surface area (Å²) in [5.41, 5.74) is 1.62. The molecule has 0 N–H and O–H groups in total. The maximum absolute atomic E-state index is 5.66. The first-order chi connectivity index (χ1) is 6.31. The minimum atomic E-state index is 0.721. The van der Waals surface area contributed by atoms with Gasteiger partial charge >= 0.3 is 0 Å². The Morgan fingerprint density at radius 2 is 2.15 bits per heavy atom. The van der Waals surface area contributed by atoms with Crippen molar-refractivity contribution in [1.82, 2.24) is 4.98 Å². The number of benzene rings is 1. The first kappa shape index (κ1) is 8.11. The molecule has 0 fully saturated rings. The minimum Gasteiger partial charge on any atom is -0.496 e. The second-order valence-corrected chi connectivity index (χ2v) is 2.79. The molecule has 0 unspecified atom stereocenters. The third kappa shape index (κ3) is 1.37. The van der Waals surface area contributed by atoms with Gasteiger partial charge in [0.15, 0.2) is 0 Å². The van der Waals surface area contributed by atoms with Crippen molar-refractivity contribution in [3.8, 4) is 5.75 Å². The van der Waals surface area contributed by atoms with Crippen LogP contribution >= 0.6 is 0 Å². The molecule has 0 spiro atoms. The van der Waals surface area contributed by atoms with Gasteiger partial charge in [0.2, 0.25) is 0 Å². The standard InChI is InChI=1S/C10H8BNO/c1-13-10-4-5-12-9-3-2-7(11)6-8(9)10/h2-6H,1H3. The largest absolute Gasteiger partial charge is 0.496 e. The maximum Gasteiger partial charge on any atom is 0.129 e. The Bertz CT molecular complexity index is 442. The Morgan fingerprint density at radius 3 is 2.92 bits per heavy atom. The summed E-state index contributed by atoms with van der Waals surface area (Å²) in [7, 11) is 7.30. The average molecular weight is 169 g/mol. The SMILES string of the molecule is [B]c1ccc2nccc(OC)c2c1. The Balaban J connectivity index is 2.79. The summed E-state index contributed by atoms with van der Waals surface area (Å²) in [5, 5.41) is 0.949. The third-order valence-electron chi connectivity index (χ3n) is 1.95. The summed E-state index contributed by atoms with van der Waals surface area (Å²) >= 11 is 0. The first-order valence-electron chi connectivity index (χ1n) is 3.99. The van der Waals surface area contributed by atoms with Crippen molar-refractivity contribution in [2.24, 2.45) is 0 Å². The molecule has 2 nitrogen and oxygen atoms in total. The Hall–Kier alpha value is -1.51. The lowest BCUT2D eigenvalue weighted by atomic mass is 9.94. The summed E-state index contributed by atoms with van der Waals surface area (Å²) < 4.78 is 5.19. The highest BCUT2D eigenvalue weighted by molar-refractivity contribution is 6.33. The van der Waals surface area contributed by atoms with Gasteiger partial charge in [-0.15, -0.1) is 0 Å². The monoisotopic (exact) mass is 169 g/mol. The molecule has 0 amide bonds. The van der Waals surface area contributed by atoms with Crippen LogP contribution in [-0.2, 0) is 0 Å². The van der Waals surface area contributed by atoms with Crippen molar-refractivity contribution in [3.05, 3.63) is 30.5 Å². The van der Waals surface area contributed by atoms with E-state index in [2.05, 4.69) is 4.98 Å². The average Bonchev–Trinajstić information content (AvgIpc) is 2.17. The Kier molecular flexibility index (Phi) is 1.93. The summed E-state index contributed by atoms with van der Waals surface area (Å²) in [4.78, 5) is 4.20. The lowest BCUT2D eigenvalue weighted by Gasteiger charge is -2.04. The number of hydrogen-bond acceptors (Lipinski definition) is 2. The first-order valence-corrected chi connectivity index (χ1v) is 3.99. The van der Waals surface area contributed by atoms with Crippen molar-refractivity contribution in [2.75, 3.05) is 7.11 Å². The second-order valence-electron chi connectivity index (χ2n) is 2.79. The number of nitrogens with zero attached hydrogens (tertiary/aromatic N) is 1. The molecule has 13 heavy (non-hydrogen) atoms. The Labute approximate surface area is 78.0 Å². The van der Waals surface area contributed by atoms with Crippen LogP contribution in [0.15, 0.2) is 30.5 Å². The zero-order chi connectivity index (χ0) is 9.26. The molecule has 2 radical (unpaired) electrons. The quantitative estimate of drug-likeness (QED) is 0.595. The topological polar surface area (TPSA) is 22.1 Å². The number of pyridine rings is 1. The van der Waals surface area contributed by atoms with E-state index in [9.17, 15) is 0 Å². The van der Waals surface area contributed by atoms with Crippen LogP contribution in [-0.4, -0.2) is 19.9 Å². The van der Waals surface area contributed by atoms with Crippen molar-refractivity contribution in [3.63, 3.8) is 0 Å². The molecule has 0 saturated heterocycles. The van der Waals surface area contributed by atoms with Gasteiger partial charge in [-0.05, 0) is 12.1 Å². The van der Waals surface area contributed by atoms with Crippen LogP contribution in [0.2, 0.25) is 0 Å². The van der Waals surface area contributed by atoms with E-state index in [0.29, 0.717) is 0 Å². The van der Waals surface area contributed by atoms with Crippen molar-refractivity contribution in [2.45, 2.75) is 0 Å². The van der Waals surface area contributed by atoms with E-state index in [1.807, 2.05) is 24.3 Å². The number of aromatic nitrogens is 1. The van der Waals surface area contributed by atoms with Crippen LogP contribution in [0.5, 0.6) is 5.75 Å². The normalized spacial score (nSPS) is 10.2. The summed E-state index contributed by atoms with van der Waals surface area (Å²) in [6.07, 6.45) is 1.72. The molecular weight excluding hydrogens is 161 g/mol. The molecule has 1 aromatic carbocycles. The minimum absolute atomic E-state index is 0.721. The van der Waals surface area contributed by atoms with Gasteiger partial charge in [-0.2, -0.15) is 0 Å². The van der Waals surface area contributed by atoms with Gasteiger partial charge in [0, 0.05) is 11.6 Å². The molecule has 0 aliphatic heterocycles. The molecule has 0 bridgehead atoms. The lowest BCUT2D eigenvalue weighted by Crippen LogP contribution is -2.01. The van der Waals surface area contributed by atoms with Gasteiger partial charge in [-0.25, -0.2) is 0 Å². The van der Waals surface area contributed by atoms with E-state index < -0.39 is 0 Å². The fourth-order valence-electron chi connectivity index (χ4n) is 1.32. The van der Waals surface area contributed by atoms with Crippen LogP contribution in [0, 0.1) is 0 Å². The van der Waals surface area contributed by atoms with Gasteiger partial charge in [0.1, 0.15) is 13.6 Å². The molecule has 0 atom stereocenters. The predicted octanol–water partition coefficient (Wildman–Crippen LogP) is 1.04. The fourth-order valence-corrected chi connectivity index (χ4v) is 1.32. The molecular formula is C10H8BNO. The van der Waals surface area contributed by atoms with E-state index >= 15 is 0 Å². The molecule has 0 saturated carbocycles. The number of ether oxygens (including phenoxy) is 1. The molecule has 2 rings (SSSR count). The van der Waals surface area contributed by atoms with Gasteiger partial charge in [0.25, 0.3) is 0 Å². The zero-order valence-corrected chi connectivity index (χ0v) is 7.32. The van der Waals surface area contributed by atoms with Gasteiger partial charge in [-0.3, -0.25) is 4.98 Å². The highest BCUT2D eigenvalue weighted by atomic mass is 16.5. The number of fused-ring (bicyclic) bond motifs is 1. The van der Waals surface area contributed by atoms with Crippen LogP contribution < -0.4 is 10.2 Å². The van der Waals surface area contributed by atoms with E-state index in [0.717, 1.165) is 22.1 Å². The summed E-state index contributed by atoms with van der Waals surface area (Å²) in [6.45, 7) is 0. The number of rotatable bonds is 1. The fraction of sp³-hybridized carbons (Fsp3) is 0.100. The van der Waals surface area contributed by atoms with Gasteiger partial charge < -0.3 is 4.74 Å². The molecule has 1 aromatic heterocycles. The van der Waals surface area contributed by atoms with Gasteiger partial charge in [0.05, 0.1) is 12.6 Å². The van der Waals surface area contributed by atoms with E-state index in [4.69, 9.17) is 12.6 Å². The lowest BCUT2D eigenvalue weighted by molar-refractivity contribution is 0.419. The molecule has 3 heteroatoms. The van der Waals surface area contributed by atoms with Crippen LogP contribution in [0.25, 0.3) is 10.9 Å². The van der Waals surface area contributed by atoms with Crippen molar-refractivity contribution in [1.29, 1.82) is 0 Å². The molecule has 2 aromatic rings. The van der Waals surface area contributed by atoms with E-state index in [-0.39, 0.29) is 0 Å². The molecule has 0 aliphatic rings. The van der Waals surface area contributed by atoms with Crippen LogP contribution in [0.3, 0.4) is 0 Å². The maximum atomic E-state index is 5.66. The van der Waals surface area contributed by atoms with Crippen molar-refractivity contribution >= 4 is 24.2 Å². The highest BCUT2D eigenvalue weighted by Crippen LogP contribution is 2.21. The summed E-state index contributed by atoms with van der Waals surface area (Å²) in [5.74, 6) is 0.803. The van der Waals surface area contributed by atoms with E-state index in [1.54, 1.807) is 13.3 Å². The number of methoxy groups -OCH3 is 1. The summed E-state index contributed by atoms with van der Waals surface area (Å²) in [6, 6.07) is 7.39. The van der Waals surface area contributed by atoms with Gasteiger partial charge in [-0.1, -0.05) is 17.6 Å². The van der Waals surface area contributed by atoms with Crippen LogP contribution in [0.1, 0.15) is 0 Å². The Morgan fingerprint density at radius 1 is 1.31 bits per heavy atom. The van der Waals surface area contributed by atoms with Crippen molar-refractivity contribution < 1.29 is 4.74 Å². The second kappa shape index (κ2) is 3.09. The zero-order valence-electron chi connectivity index (χ0n) is 7.32. The highest BCUT2D eigenvalue weighted by Gasteiger charge is 2.00.